The topological polar surface area (TPSA) is 136 Å². The van der Waals surface area contributed by atoms with Crippen LogP contribution in [0.2, 0.25) is 0 Å². The minimum atomic E-state index is -0.219. The Morgan fingerprint density at radius 1 is 1.30 bits per heavy atom. The van der Waals surface area contributed by atoms with Crippen molar-refractivity contribution in [2.24, 2.45) is 0 Å². The minimum absolute atomic E-state index is 0.0128. The van der Waals surface area contributed by atoms with Crippen molar-refractivity contribution in [3.05, 3.63) is 40.4 Å². The number of aryl methyl sites for hydroxylation is 2. The van der Waals surface area contributed by atoms with Gasteiger partial charge in [-0.15, -0.1) is 16.4 Å². The smallest absolute Gasteiger partial charge is 0.263 e. The fourth-order valence-electron chi connectivity index (χ4n) is 2.99. The number of nitrogens with zero attached hydrogens (tertiary/aromatic N) is 3. The molecule has 3 aromatic rings. The van der Waals surface area contributed by atoms with Gasteiger partial charge in [0.2, 0.25) is 6.41 Å². The van der Waals surface area contributed by atoms with Gasteiger partial charge in [0, 0.05) is 30.2 Å². The summed E-state index contributed by atoms with van der Waals surface area (Å²) in [6, 6.07) is 7.30. The number of rotatable bonds is 4. The van der Waals surface area contributed by atoms with E-state index in [-0.39, 0.29) is 11.9 Å². The van der Waals surface area contributed by atoms with Gasteiger partial charge in [-0.1, -0.05) is 6.07 Å². The molecule has 158 valence electrons. The number of anilines is 2. The number of aromatic nitrogens is 2. The van der Waals surface area contributed by atoms with Crippen molar-refractivity contribution in [2.75, 3.05) is 31.7 Å². The number of carbonyl (C=O) groups is 2. The molecule has 0 spiro atoms. The molecule has 10 heteroatoms. The Hall–Kier alpha value is -3.40. The van der Waals surface area contributed by atoms with Crippen LogP contribution in [0.1, 0.15) is 20.9 Å². The van der Waals surface area contributed by atoms with Gasteiger partial charge in [-0.05, 0) is 31.5 Å². The van der Waals surface area contributed by atoms with Gasteiger partial charge in [0.25, 0.3) is 5.91 Å². The van der Waals surface area contributed by atoms with E-state index in [1.165, 1.54) is 11.3 Å². The number of nitrogens with one attached hydrogen (secondary N) is 1. The number of hydrogen-bond acceptors (Lipinski definition) is 8. The molecule has 0 bridgehead atoms. The zero-order valence-corrected chi connectivity index (χ0v) is 17.8. The largest absolute Gasteiger partial charge is 0.497 e. The SMILES string of the molecule is COc1cccc(N)c1.Cc1nnc2sc(C(=O)NC3CN(C=O)C3)c(N)c2c1C. The number of nitrogens with two attached hydrogens (primary N) is 2. The van der Waals surface area contributed by atoms with Crippen LogP contribution in [0, 0.1) is 13.8 Å². The average Bonchev–Trinajstić information content (AvgIpc) is 3.04. The Morgan fingerprint density at radius 3 is 2.63 bits per heavy atom. The quantitative estimate of drug-likeness (QED) is 0.425. The molecule has 0 saturated carbocycles. The lowest BCUT2D eigenvalue weighted by molar-refractivity contribution is -0.122. The second-order valence-corrected chi connectivity index (χ2v) is 7.94. The van der Waals surface area contributed by atoms with Crippen molar-refractivity contribution in [3.63, 3.8) is 0 Å². The fourth-order valence-corrected chi connectivity index (χ4v) is 4.00. The summed E-state index contributed by atoms with van der Waals surface area (Å²) in [6.07, 6.45) is 0.776. The molecule has 4 rings (SSSR count). The number of benzene rings is 1. The molecule has 0 radical (unpaired) electrons. The molecule has 2 aromatic heterocycles. The predicted octanol–water partition coefficient (Wildman–Crippen LogP) is 1.74. The number of ether oxygens (including phenoxy) is 1. The highest BCUT2D eigenvalue weighted by atomic mass is 32.1. The van der Waals surface area contributed by atoms with E-state index < -0.39 is 0 Å². The van der Waals surface area contributed by atoms with Gasteiger partial charge in [-0.2, -0.15) is 5.10 Å². The van der Waals surface area contributed by atoms with Crippen LogP contribution in [0.4, 0.5) is 11.4 Å². The summed E-state index contributed by atoms with van der Waals surface area (Å²) in [5.41, 5.74) is 14.5. The van der Waals surface area contributed by atoms with E-state index in [1.54, 1.807) is 18.1 Å². The Morgan fingerprint density at radius 2 is 2.03 bits per heavy atom. The van der Waals surface area contributed by atoms with Crippen LogP contribution >= 0.6 is 11.3 Å². The first-order chi connectivity index (χ1) is 14.3. The highest BCUT2D eigenvalue weighted by molar-refractivity contribution is 7.21. The lowest BCUT2D eigenvalue weighted by Crippen LogP contribution is -2.58. The fraction of sp³-hybridized carbons (Fsp3) is 0.300. The summed E-state index contributed by atoms with van der Waals surface area (Å²) >= 11 is 1.24. The van der Waals surface area contributed by atoms with E-state index in [0.717, 1.165) is 34.5 Å². The number of amides is 2. The third-order valence-electron chi connectivity index (χ3n) is 4.83. The van der Waals surface area contributed by atoms with E-state index in [1.807, 2.05) is 32.0 Å². The molecule has 0 unspecified atom stereocenters. The van der Waals surface area contributed by atoms with Gasteiger partial charge in [0.1, 0.15) is 15.5 Å². The van der Waals surface area contributed by atoms with Crippen LogP contribution in [0.15, 0.2) is 24.3 Å². The van der Waals surface area contributed by atoms with Crippen LogP contribution < -0.4 is 21.5 Å². The van der Waals surface area contributed by atoms with Gasteiger partial charge in [-0.3, -0.25) is 9.59 Å². The Balaban J connectivity index is 0.000000239. The molecule has 1 aliphatic heterocycles. The number of fused-ring (bicyclic) bond motifs is 1. The zero-order chi connectivity index (χ0) is 21.8. The van der Waals surface area contributed by atoms with E-state index in [9.17, 15) is 9.59 Å². The molecular formula is C20H24N6O3S. The third kappa shape index (κ3) is 4.43. The molecule has 1 aromatic carbocycles. The molecular weight excluding hydrogens is 404 g/mol. The first-order valence-corrected chi connectivity index (χ1v) is 10.1. The van der Waals surface area contributed by atoms with Crippen LogP contribution in [-0.2, 0) is 4.79 Å². The minimum Gasteiger partial charge on any atom is -0.497 e. The molecule has 1 fully saturated rings. The van der Waals surface area contributed by atoms with Crippen molar-refractivity contribution in [2.45, 2.75) is 19.9 Å². The normalized spacial score (nSPS) is 13.2. The molecule has 2 amide bonds. The summed E-state index contributed by atoms with van der Waals surface area (Å²) in [5, 5.41) is 11.8. The number of hydrogen-bond donors (Lipinski definition) is 3. The molecule has 30 heavy (non-hydrogen) atoms. The maximum absolute atomic E-state index is 12.3. The van der Waals surface area contributed by atoms with Crippen LogP contribution in [0.5, 0.6) is 5.75 Å². The number of carbonyl (C=O) groups excluding carboxylic acids is 2. The number of thiophene rings is 1. The number of nitrogen functional groups attached to an aromatic ring is 2. The second-order valence-electron chi connectivity index (χ2n) is 6.94. The molecule has 1 saturated heterocycles. The summed E-state index contributed by atoms with van der Waals surface area (Å²) in [7, 11) is 1.62. The maximum atomic E-state index is 12.3. The molecule has 5 N–H and O–H groups in total. The zero-order valence-electron chi connectivity index (χ0n) is 17.0. The van der Waals surface area contributed by atoms with Crippen LogP contribution in [0.25, 0.3) is 10.2 Å². The lowest BCUT2D eigenvalue weighted by Gasteiger charge is -2.36. The van der Waals surface area contributed by atoms with Gasteiger partial charge in [0.05, 0.1) is 24.5 Å². The summed E-state index contributed by atoms with van der Waals surface area (Å²) in [5.74, 6) is 0.582. The van der Waals surface area contributed by atoms with E-state index in [0.29, 0.717) is 28.5 Å². The highest BCUT2D eigenvalue weighted by Crippen LogP contribution is 2.34. The Kier molecular flexibility index (Phi) is 6.36. The van der Waals surface area contributed by atoms with Crippen LogP contribution in [0.3, 0.4) is 0 Å². The maximum Gasteiger partial charge on any atom is 0.263 e. The van der Waals surface area contributed by atoms with Crippen molar-refractivity contribution in [1.29, 1.82) is 0 Å². The standard InChI is InChI=1S/C13H15N5O2S.C7H9NO/c1-6-7(2)16-17-13-9(6)10(14)11(21-13)12(20)15-8-3-18(4-8)5-19;1-9-7-4-2-3-6(8)5-7/h5,8H,3-4,14H2,1-2H3,(H,15,20);2-5H,8H2,1H3. The summed E-state index contributed by atoms with van der Waals surface area (Å²) in [4.78, 5) is 25.5. The van der Waals surface area contributed by atoms with E-state index >= 15 is 0 Å². The van der Waals surface area contributed by atoms with Gasteiger partial charge >= 0.3 is 0 Å². The summed E-state index contributed by atoms with van der Waals surface area (Å²) in [6.45, 7) is 4.86. The lowest BCUT2D eigenvalue weighted by atomic mass is 10.1. The molecule has 3 heterocycles. The van der Waals surface area contributed by atoms with Gasteiger partial charge in [0.15, 0.2) is 0 Å². The van der Waals surface area contributed by atoms with Crippen molar-refractivity contribution in [3.8, 4) is 5.75 Å². The molecule has 0 aliphatic carbocycles. The average molecular weight is 429 g/mol. The molecule has 9 nitrogen and oxygen atoms in total. The predicted molar refractivity (Wildman–Crippen MR) is 118 cm³/mol. The van der Waals surface area contributed by atoms with Crippen molar-refractivity contribution < 1.29 is 14.3 Å². The molecule has 1 aliphatic rings. The Labute approximate surface area is 178 Å². The van der Waals surface area contributed by atoms with Crippen molar-refractivity contribution >= 4 is 45.2 Å². The van der Waals surface area contributed by atoms with Crippen molar-refractivity contribution in [1.82, 2.24) is 20.4 Å². The third-order valence-corrected chi connectivity index (χ3v) is 5.92. The van der Waals surface area contributed by atoms with E-state index in [2.05, 4.69) is 15.5 Å². The Bertz CT molecular complexity index is 1080. The first kappa shape index (κ1) is 21.3. The number of methoxy groups -OCH3 is 1. The first-order valence-electron chi connectivity index (χ1n) is 9.25. The second kappa shape index (κ2) is 8.95. The summed E-state index contributed by atoms with van der Waals surface area (Å²) < 4.78 is 4.92. The number of likely N-dealkylation sites (tertiary alicyclic amines) is 1. The van der Waals surface area contributed by atoms with Gasteiger partial charge in [-0.25, -0.2) is 0 Å². The highest BCUT2D eigenvalue weighted by Gasteiger charge is 2.28. The van der Waals surface area contributed by atoms with Crippen LogP contribution in [-0.4, -0.2) is 53.7 Å². The molecule has 0 atom stereocenters. The monoisotopic (exact) mass is 428 g/mol. The van der Waals surface area contributed by atoms with E-state index in [4.69, 9.17) is 16.2 Å². The van der Waals surface area contributed by atoms with Gasteiger partial charge < -0.3 is 26.4 Å².